The fraction of sp³-hybridized carbons (Fsp3) is 0.259. The van der Waals surface area contributed by atoms with Gasteiger partial charge in [-0.1, -0.05) is 54.4 Å². The first-order chi connectivity index (χ1) is 16.4. The van der Waals surface area contributed by atoms with E-state index in [9.17, 15) is 4.79 Å². The molecule has 34 heavy (non-hydrogen) atoms. The lowest BCUT2D eigenvalue weighted by molar-refractivity contribution is -0.111. The number of ether oxygens (including phenoxy) is 2. The van der Waals surface area contributed by atoms with E-state index in [2.05, 4.69) is 4.90 Å². The van der Waals surface area contributed by atoms with Crippen molar-refractivity contribution in [3.63, 3.8) is 0 Å². The number of benzene rings is 3. The van der Waals surface area contributed by atoms with E-state index >= 15 is 0 Å². The van der Waals surface area contributed by atoms with Crippen molar-refractivity contribution < 1.29 is 14.3 Å². The van der Waals surface area contributed by atoms with Crippen LogP contribution in [-0.4, -0.2) is 37.8 Å². The molecule has 3 unspecified atom stereocenters. The zero-order chi connectivity index (χ0) is 24.2. The standard InChI is InChI=1S/C27H26Cl2N2O3/c1-17(16-32)15-31-26(19-6-10-21(29)11-7-19)25(18-4-8-20(28)9-5-18)30-27(31)23-13-12-22(33-2)14-24(23)34-3/h4-14,16-17,25-26H,15H2,1-3H3. The van der Waals surface area contributed by atoms with E-state index in [0.29, 0.717) is 28.1 Å². The number of hydrogen-bond acceptors (Lipinski definition) is 5. The lowest BCUT2D eigenvalue weighted by atomic mass is 9.93. The molecule has 7 heteroatoms. The molecular formula is C27H26Cl2N2O3. The van der Waals surface area contributed by atoms with Crippen molar-refractivity contribution in [2.24, 2.45) is 10.9 Å². The SMILES string of the molecule is COc1ccc(C2=NC(c3ccc(Cl)cc3)C(c3ccc(Cl)cc3)N2CC(C)C=O)c(OC)c1. The molecule has 3 atom stereocenters. The highest BCUT2D eigenvalue weighted by Gasteiger charge is 2.40. The van der Waals surface area contributed by atoms with Crippen molar-refractivity contribution in [1.82, 2.24) is 4.90 Å². The second kappa shape index (κ2) is 10.5. The van der Waals surface area contributed by atoms with Crippen LogP contribution in [0.5, 0.6) is 11.5 Å². The van der Waals surface area contributed by atoms with Gasteiger partial charge in [0, 0.05) is 28.6 Å². The van der Waals surface area contributed by atoms with Crippen LogP contribution in [0.2, 0.25) is 10.0 Å². The Morgan fingerprint density at radius 2 is 1.56 bits per heavy atom. The number of methoxy groups -OCH3 is 2. The van der Waals surface area contributed by atoms with Crippen LogP contribution < -0.4 is 9.47 Å². The van der Waals surface area contributed by atoms with E-state index in [1.165, 1.54) is 0 Å². The number of halogens is 2. The molecule has 5 nitrogen and oxygen atoms in total. The Hall–Kier alpha value is -3.02. The molecule has 0 fully saturated rings. The Bertz CT molecular complexity index is 1180. The Kier molecular flexibility index (Phi) is 7.44. The van der Waals surface area contributed by atoms with E-state index in [4.69, 9.17) is 37.7 Å². The summed E-state index contributed by atoms with van der Waals surface area (Å²) in [7, 11) is 3.24. The molecule has 0 bridgehead atoms. The third kappa shape index (κ3) is 4.91. The number of aliphatic imine (C=N–C) groups is 1. The number of carbonyl (C=O) groups is 1. The monoisotopic (exact) mass is 496 g/mol. The van der Waals surface area contributed by atoms with Gasteiger partial charge in [-0.05, 0) is 47.5 Å². The van der Waals surface area contributed by atoms with Crippen LogP contribution in [0.4, 0.5) is 0 Å². The summed E-state index contributed by atoms with van der Waals surface area (Å²) < 4.78 is 11.1. The second-order valence-corrected chi connectivity index (χ2v) is 9.15. The van der Waals surface area contributed by atoms with Crippen LogP contribution in [0.3, 0.4) is 0 Å². The zero-order valence-electron chi connectivity index (χ0n) is 19.2. The lowest BCUT2D eigenvalue weighted by Gasteiger charge is -2.32. The van der Waals surface area contributed by atoms with Crippen molar-refractivity contribution in [2.75, 3.05) is 20.8 Å². The smallest absolute Gasteiger partial charge is 0.136 e. The number of nitrogens with zero attached hydrogens (tertiary/aromatic N) is 2. The maximum Gasteiger partial charge on any atom is 0.136 e. The second-order valence-electron chi connectivity index (χ2n) is 8.28. The number of carbonyl (C=O) groups excluding carboxylic acids is 1. The summed E-state index contributed by atoms with van der Waals surface area (Å²) >= 11 is 12.4. The molecular weight excluding hydrogens is 471 g/mol. The Balaban J connectivity index is 1.90. The van der Waals surface area contributed by atoms with E-state index in [0.717, 1.165) is 28.8 Å². The molecule has 0 aromatic heterocycles. The topological polar surface area (TPSA) is 51.1 Å². The van der Waals surface area contributed by atoms with E-state index < -0.39 is 0 Å². The molecule has 0 saturated heterocycles. The van der Waals surface area contributed by atoms with E-state index in [-0.39, 0.29) is 18.0 Å². The molecule has 0 aliphatic carbocycles. The average Bonchev–Trinajstić information content (AvgIpc) is 3.23. The summed E-state index contributed by atoms with van der Waals surface area (Å²) in [5.74, 6) is 1.89. The highest BCUT2D eigenvalue weighted by molar-refractivity contribution is 6.30. The van der Waals surface area contributed by atoms with E-state index in [1.54, 1.807) is 14.2 Å². The maximum absolute atomic E-state index is 11.7. The molecule has 0 amide bonds. The fourth-order valence-corrected chi connectivity index (χ4v) is 4.53. The van der Waals surface area contributed by atoms with Crippen molar-refractivity contribution in [3.05, 3.63) is 93.5 Å². The van der Waals surface area contributed by atoms with Gasteiger partial charge in [0.25, 0.3) is 0 Å². The van der Waals surface area contributed by atoms with Crippen molar-refractivity contribution in [1.29, 1.82) is 0 Å². The molecule has 3 aromatic carbocycles. The molecule has 3 aromatic rings. The van der Waals surface area contributed by atoms with Crippen LogP contribution in [-0.2, 0) is 4.79 Å². The number of amidine groups is 1. The third-order valence-corrected chi connectivity index (χ3v) is 6.46. The van der Waals surface area contributed by atoms with Gasteiger partial charge in [0.1, 0.15) is 29.7 Å². The Labute approximate surface area is 209 Å². The van der Waals surface area contributed by atoms with Crippen LogP contribution in [0.1, 0.15) is 35.7 Å². The summed E-state index contributed by atoms with van der Waals surface area (Å²) in [6.07, 6.45) is 0.970. The highest BCUT2D eigenvalue weighted by atomic mass is 35.5. The van der Waals surface area contributed by atoms with Crippen molar-refractivity contribution in [2.45, 2.75) is 19.0 Å². The van der Waals surface area contributed by atoms with Gasteiger partial charge in [0.05, 0.1) is 25.8 Å². The third-order valence-electron chi connectivity index (χ3n) is 5.96. The minimum atomic E-state index is -0.223. The van der Waals surface area contributed by atoms with Gasteiger partial charge in [0.2, 0.25) is 0 Å². The van der Waals surface area contributed by atoms with Gasteiger partial charge in [-0.2, -0.15) is 0 Å². The predicted octanol–water partition coefficient (Wildman–Crippen LogP) is 6.39. The molecule has 1 aliphatic heterocycles. The first-order valence-corrected chi connectivity index (χ1v) is 11.7. The van der Waals surface area contributed by atoms with Crippen molar-refractivity contribution in [3.8, 4) is 11.5 Å². The molecule has 176 valence electrons. The largest absolute Gasteiger partial charge is 0.497 e. The normalized spacial score (nSPS) is 18.4. The van der Waals surface area contributed by atoms with Crippen LogP contribution >= 0.6 is 23.2 Å². The van der Waals surface area contributed by atoms with E-state index in [1.807, 2.05) is 73.7 Å². The molecule has 0 N–H and O–H groups in total. The summed E-state index contributed by atoms with van der Waals surface area (Å²) in [4.78, 5) is 19.1. The number of rotatable bonds is 8. The Morgan fingerprint density at radius 1 is 0.941 bits per heavy atom. The highest BCUT2D eigenvalue weighted by Crippen LogP contribution is 2.45. The van der Waals surface area contributed by atoms with Crippen LogP contribution in [0.25, 0.3) is 0 Å². The summed E-state index contributed by atoms with van der Waals surface area (Å²) in [6, 6.07) is 20.8. The van der Waals surface area contributed by atoms with Gasteiger partial charge >= 0.3 is 0 Å². The van der Waals surface area contributed by atoms with Crippen molar-refractivity contribution >= 4 is 35.3 Å². The molecule has 1 heterocycles. The molecule has 0 radical (unpaired) electrons. The maximum atomic E-state index is 11.7. The first kappa shape index (κ1) is 24.1. The minimum absolute atomic E-state index is 0.150. The number of aldehydes is 1. The molecule has 1 aliphatic rings. The quantitative estimate of drug-likeness (QED) is 0.339. The number of hydrogen-bond donors (Lipinski definition) is 0. The van der Waals surface area contributed by atoms with Gasteiger partial charge in [-0.3, -0.25) is 4.99 Å². The predicted molar refractivity (Wildman–Crippen MR) is 136 cm³/mol. The Morgan fingerprint density at radius 3 is 2.12 bits per heavy atom. The van der Waals surface area contributed by atoms with Crippen LogP contribution in [0, 0.1) is 5.92 Å². The molecule has 0 saturated carbocycles. The lowest BCUT2D eigenvalue weighted by Crippen LogP contribution is -2.36. The average molecular weight is 497 g/mol. The fourth-order valence-electron chi connectivity index (χ4n) is 4.28. The van der Waals surface area contributed by atoms with Crippen LogP contribution in [0.15, 0.2) is 71.7 Å². The molecule has 0 spiro atoms. The zero-order valence-corrected chi connectivity index (χ0v) is 20.8. The summed E-state index contributed by atoms with van der Waals surface area (Å²) in [5, 5.41) is 1.33. The summed E-state index contributed by atoms with van der Waals surface area (Å²) in [6.45, 7) is 2.40. The van der Waals surface area contributed by atoms with Gasteiger partial charge in [-0.15, -0.1) is 0 Å². The molecule has 4 rings (SSSR count). The minimum Gasteiger partial charge on any atom is -0.497 e. The van der Waals surface area contributed by atoms with Gasteiger partial charge in [0.15, 0.2) is 0 Å². The first-order valence-electron chi connectivity index (χ1n) is 11.0. The summed E-state index contributed by atoms with van der Waals surface area (Å²) in [5.41, 5.74) is 2.90. The van der Waals surface area contributed by atoms with Gasteiger partial charge in [-0.25, -0.2) is 0 Å². The van der Waals surface area contributed by atoms with Gasteiger partial charge < -0.3 is 19.2 Å².